The number of amides is 2. The molecule has 2 aromatic carbocycles. The third-order valence-electron chi connectivity index (χ3n) is 17.0. The number of nitrogens with one attached hydrogen (secondary N) is 1. The summed E-state index contributed by atoms with van der Waals surface area (Å²) < 4.78 is 52.8. The summed E-state index contributed by atoms with van der Waals surface area (Å²) in [7, 11) is 0. The number of thioether (sulfide) groups is 1. The number of carbonyl (C=O) groups is 5. The van der Waals surface area contributed by atoms with Gasteiger partial charge < -0.3 is 125 Å². The molecule has 5 aliphatic heterocycles. The molecule has 0 spiro atoms. The predicted molar refractivity (Wildman–Crippen MR) is 289 cm³/mol. The Hall–Kier alpha value is -4.86. The second-order valence-corrected chi connectivity index (χ2v) is 23.6. The molecule has 486 valence electrons. The molecule has 7 unspecified atom stereocenters. The number of benzene rings is 2. The molecule has 31 nitrogen and oxygen atoms in total. The van der Waals surface area contributed by atoms with Crippen LogP contribution in [0, 0.1) is 17.8 Å². The number of rotatable bonds is 24. The lowest BCUT2D eigenvalue weighted by Crippen LogP contribution is -2.68. The average molecular weight is 1260 g/mol. The molecule has 16 N–H and O–H groups in total. The monoisotopic (exact) mass is 1260 g/mol. The number of aliphatic hydroxyl groups excluding tert-OH is 12. The topological polar surface area (TPSA) is 487 Å². The van der Waals surface area contributed by atoms with Crippen molar-refractivity contribution in [3.8, 4) is 11.1 Å². The van der Waals surface area contributed by atoms with Crippen LogP contribution >= 0.6 is 11.8 Å². The van der Waals surface area contributed by atoms with E-state index < -0.39 is 221 Å². The van der Waals surface area contributed by atoms with Gasteiger partial charge in [-0.25, -0.2) is 19.2 Å². The van der Waals surface area contributed by atoms with E-state index in [1.165, 1.54) is 32.5 Å². The van der Waals surface area contributed by atoms with Crippen molar-refractivity contribution in [1.29, 1.82) is 0 Å². The van der Waals surface area contributed by atoms with Gasteiger partial charge in [-0.15, -0.1) is 11.8 Å². The van der Waals surface area contributed by atoms with Crippen molar-refractivity contribution < 1.29 is 143 Å². The van der Waals surface area contributed by atoms with Gasteiger partial charge in [-0.2, -0.15) is 0 Å². The van der Waals surface area contributed by atoms with Crippen LogP contribution in [0.5, 0.6) is 0 Å². The van der Waals surface area contributed by atoms with Gasteiger partial charge in [-0.05, 0) is 22.3 Å². The van der Waals surface area contributed by atoms with Gasteiger partial charge in [0.1, 0.15) is 73.7 Å². The molecule has 2 amide bonds. The van der Waals surface area contributed by atoms with Crippen LogP contribution in [-0.4, -0.2) is 290 Å². The van der Waals surface area contributed by atoms with Gasteiger partial charge in [0, 0.05) is 42.3 Å². The van der Waals surface area contributed by atoms with Crippen LogP contribution in [0.3, 0.4) is 0 Å². The Morgan fingerprint density at radius 3 is 1.76 bits per heavy atom. The zero-order valence-corrected chi connectivity index (χ0v) is 48.1. The first-order valence-electron chi connectivity index (χ1n) is 28.1. The molecule has 87 heavy (non-hydrogen) atoms. The molecule has 24 atom stereocenters. The molecule has 8 rings (SSSR count). The van der Waals surface area contributed by atoms with Gasteiger partial charge in [0.25, 0.3) is 11.6 Å². The minimum Gasteiger partial charge on any atom is -0.480 e. The normalized spacial score (nSPS) is 37.0. The van der Waals surface area contributed by atoms with E-state index in [1.807, 2.05) is 48.5 Å². The van der Waals surface area contributed by atoms with Gasteiger partial charge in [0.05, 0.1) is 69.4 Å². The van der Waals surface area contributed by atoms with Crippen molar-refractivity contribution in [1.82, 2.24) is 10.2 Å². The molecular weight excluding hydrogens is 1180 g/mol. The van der Waals surface area contributed by atoms with E-state index in [0.29, 0.717) is 0 Å². The molecule has 5 fully saturated rings. The number of ether oxygens (including phenoxy) is 9. The fourth-order valence-corrected chi connectivity index (χ4v) is 12.9. The molecule has 0 saturated carbocycles. The van der Waals surface area contributed by atoms with E-state index in [9.17, 15) is 101 Å². The third-order valence-corrected chi connectivity index (χ3v) is 18.1. The second kappa shape index (κ2) is 28.5. The number of carboxylic acid groups (broad SMARTS) is 3. The molecule has 6 aliphatic rings. The van der Waals surface area contributed by atoms with Crippen LogP contribution in [0.15, 0.2) is 48.5 Å². The standard InChI is InChI=1S/C55H76N2O29S/c1-22-32(61)12-54(51(73)74,84-44(22)38(65)34(63)14-58)80-19-37-41(68)43(83-50-42(69)46(40(67)36(16-60)81-50)86-55(52(75)76)13-33(62)23(2)45(85-55)39(66)35(64)15-59)24(3)49(82-37)78-18-30(48(71)72)56-47(70)31-20-87-21-57(31)53(77)79-17-29-27-10-6-4-8-25(27)26-9-5-7-11-28(26)29/h4-11,22-24,29-46,49-50,58-69H,12-21H2,1-3H3,(H,56,70)(H,71,72)(H,73,74)(H,75,76)/t22-,23-,24+,30-,31+,32-,33-,34-,35-,36?,37?,38-,39-,40+,41?,42?,43-,44?,45?,46+,49?,50+,54-,55+/m1/s1. The summed E-state index contributed by atoms with van der Waals surface area (Å²) >= 11 is 1.19. The highest BCUT2D eigenvalue weighted by Gasteiger charge is 2.60. The van der Waals surface area contributed by atoms with Crippen LogP contribution in [-0.2, 0) is 61.8 Å². The Kier molecular flexibility index (Phi) is 22.3. The van der Waals surface area contributed by atoms with Gasteiger partial charge in [-0.3, -0.25) is 9.69 Å². The molecular formula is C55H76N2O29S. The Balaban J connectivity index is 1.02. The summed E-state index contributed by atoms with van der Waals surface area (Å²) in [6.07, 6.45) is -35.6. The Morgan fingerprint density at radius 2 is 1.22 bits per heavy atom. The van der Waals surface area contributed by atoms with Crippen molar-refractivity contribution in [2.75, 3.05) is 51.3 Å². The van der Waals surface area contributed by atoms with Gasteiger partial charge >= 0.3 is 24.0 Å². The van der Waals surface area contributed by atoms with E-state index in [4.69, 9.17) is 42.6 Å². The van der Waals surface area contributed by atoms with Gasteiger partial charge in [0.15, 0.2) is 18.6 Å². The summed E-state index contributed by atoms with van der Waals surface area (Å²) in [6, 6.07) is 12.1. The van der Waals surface area contributed by atoms with E-state index in [-0.39, 0.29) is 24.2 Å². The number of carboxylic acids is 3. The van der Waals surface area contributed by atoms with Gasteiger partial charge in [-0.1, -0.05) is 69.3 Å². The van der Waals surface area contributed by atoms with Crippen LogP contribution in [0.2, 0.25) is 0 Å². The van der Waals surface area contributed by atoms with Crippen LogP contribution in [0.25, 0.3) is 11.1 Å². The van der Waals surface area contributed by atoms with Crippen molar-refractivity contribution in [2.45, 2.75) is 167 Å². The number of aliphatic carboxylic acids is 3. The maximum atomic E-state index is 14.0. The fraction of sp³-hybridized carbons (Fsp3) is 0.691. The highest BCUT2D eigenvalue weighted by molar-refractivity contribution is 7.99. The highest BCUT2D eigenvalue weighted by Crippen LogP contribution is 2.46. The number of aliphatic hydroxyl groups is 12. The van der Waals surface area contributed by atoms with Crippen LogP contribution in [0.4, 0.5) is 4.79 Å². The molecule has 2 aromatic rings. The zero-order valence-electron chi connectivity index (χ0n) is 47.2. The third kappa shape index (κ3) is 14.1. The summed E-state index contributed by atoms with van der Waals surface area (Å²) in [5.41, 5.74) is 3.84. The van der Waals surface area contributed by atoms with E-state index >= 15 is 0 Å². The molecule has 0 aromatic heterocycles. The SMILES string of the molecule is C[C@@H]1C(OC[C@@H](NC(=O)[C@@H]2CSCN2C(=O)OCC2c3ccccc3-c3ccccc32)C(=O)O)OC(CO[C@]2(C(=O)O)C[C@@H](O)[C@@H](C)C([C@H](O)[C@H](O)CO)O2)C(O)[C@@H]1O[C@@H]1OC(CO)[C@H](O)[C@H](O[C@]2(C(=O)O)C[C@@H](O)[C@@H](C)C([C@H](O)[C@H](O)CO)O2)C1O. The maximum Gasteiger partial charge on any atom is 0.411 e. The average Bonchev–Trinajstić information content (AvgIpc) is 1.62. The first kappa shape index (κ1) is 68.1. The minimum absolute atomic E-state index is 0.00355. The number of nitrogens with zero attached hydrogens (tertiary/aromatic N) is 1. The summed E-state index contributed by atoms with van der Waals surface area (Å²) in [6.45, 7) is -1.25. The summed E-state index contributed by atoms with van der Waals surface area (Å²) in [4.78, 5) is 67.9. The lowest BCUT2D eigenvalue weighted by Gasteiger charge is -2.50. The highest BCUT2D eigenvalue weighted by atomic mass is 32.2. The maximum absolute atomic E-state index is 14.0. The Morgan fingerprint density at radius 1 is 0.690 bits per heavy atom. The van der Waals surface area contributed by atoms with Crippen molar-refractivity contribution in [3.05, 3.63) is 59.7 Å². The number of fused-ring (bicyclic) bond motifs is 3. The molecule has 5 saturated heterocycles. The number of hydrogen-bond donors (Lipinski definition) is 16. The smallest absolute Gasteiger partial charge is 0.411 e. The predicted octanol–water partition coefficient (Wildman–Crippen LogP) is -4.59. The molecule has 0 radical (unpaired) electrons. The molecule has 1 aliphatic carbocycles. The summed E-state index contributed by atoms with van der Waals surface area (Å²) in [5, 5.41) is 163. The number of carbonyl (C=O) groups excluding carboxylic acids is 2. The van der Waals surface area contributed by atoms with Crippen molar-refractivity contribution in [3.63, 3.8) is 0 Å². The molecule has 0 bridgehead atoms. The largest absolute Gasteiger partial charge is 0.480 e. The fourth-order valence-electron chi connectivity index (χ4n) is 11.7. The lowest BCUT2D eigenvalue weighted by molar-refractivity contribution is -0.387. The summed E-state index contributed by atoms with van der Waals surface area (Å²) in [5.74, 6) is -16.3. The first-order valence-corrected chi connectivity index (χ1v) is 29.3. The first-order chi connectivity index (χ1) is 41.2. The Bertz CT molecular complexity index is 2670. The zero-order chi connectivity index (χ0) is 63.6. The minimum atomic E-state index is -3.06. The lowest BCUT2D eigenvalue weighted by atomic mass is 9.84. The van der Waals surface area contributed by atoms with Gasteiger partial charge in [0.2, 0.25) is 5.91 Å². The molecule has 5 heterocycles. The van der Waals surface area contributed by atoms with E-state index in [2.05, 4.69) is 5.32 Å². The van der Waals surface area contributed by atoms with E-state index in [0.717, 1.165) is 27.2 Å². The van der Waals surface area contributed by atoms with Crippen LogP contribution < -0.4 is 5.32 Å². The second-order valence-electron chi connectivity index (χ2n) is 22.6. The van der Waals surface area contributed by atoms with Crippen molar-refractivity contribution >= 4 is 41.7 Å². The Labute approximate surface area is 500 Å². The van der Waals surface area contributed by atoms with Crippen molar-refractivity contribution in [2.24, 2.45) is 17.8 Å². The quantitative estimate of drug-likeness (QED) is 0.0470. The van der Waals surface area contributed by atoms with Crippen LogP contribution in [0.1, 0.15) is 50.7 Å². The van der Waals surface area contributed by atoms with E-state index in [1.54, 1.807) is 0 Å². The molecule has 32 heteroatoms. The number of hydrogen-bond acceptors (Lipinski definition) is 27.